The van der Waals surface area contributed by atoms with Crippen molar-refractivity contribution in [1.29, 1.82) is 0 Å². The van der Waals surface area contributed by atoms with Gasteiger partial charge in [0.25, 0.3) is 5.91 Å². The first-order chi connectivity index (χ1) is 14.0. The van der Waals surface area contributed by atoms with E-state index < -0.39 is 0 Å². The third-order valence-corrected chi connectivity index (χ3v) is 4.58. The van der Waals surface area contributed by atoms with Crippen LogP contribution in [-0.2, 0) is 10.2 Å². The predicted octanol–water partition coefficient (Wildman–Crippen LogP) is 4.64. The van der Waals surface area contributed by atoms with Crippen LogP contribution in [0.4, 0.5) is 0 Å². The number of rotatable bonds is 8. The Hall–Kier alpha value is -3.02. The monoisotopic (exact) mass is 412 g/mol. The Kier molecular flexibility index (Phi) is 7.48. The summed E-state index contributed by atoms with van der Waals surface area (Å²) < 4.78 is 10.6. The molecule has 0 bridgehead atoms. The number of methoxy groups -OCH3 is 1. The number of hydrazone groups is 1. The normalized spacial score (nSPS) is 12.1. The summed E-state index contributed by atoms with van der Waals surface area (Å²) in [5, 5.41) is 13.5. The number of benzene rings is 2. The third-order valence-electron chi connectivity index (χ3n) is 4.58. The highest BCUT2D eigenvalue weighted by molar-refractivity contribution is 5.83. The maximum atomic E-state index is 12.0. The summed E-state index contributed by atoms with van der Waals surface area (Å²) in [6.07, 6.45) is 2.53. The van der Waals surface area contributed by atoms with Gasteiger partial charge < -0.3 is 14.6 Å². The van der Waals surface area contributed by atoms with Crippen LogP contribution in [0.3, 0.4) is 0 Å². The minimum Gasteiger partial charge on any atom is -0.504 e. The van der Waals surface area contributed by atoms with Crippen LogP contribution in [0.25, 0.3) is 0 Å². The molecule has 0 saturated heterocycles. The molecule has 2 aromatic rings. The molecule has 1 amide bonds. The molecule has 0 atom stereocenters. The molecule has 0 unspecified atom stereocenters. The van der Waals surface area contributed by atoms with Gasteiger partial charge in [0, 0.05) is 0 Å². The molecule has 0 saturated carbocycles. The van der Waals surface area contributed by atoms with Gasteiger partial charge >= 0.3 is 0 Å². The Bertz CT molecular complexity index is 881. The van der Waals surface area contributed by atoms with Gasteiger partial charge in [-0.1, -0.05) is 46.8 Å². The lowest BCUT2D eigenvalue weighted by atomic mass is 9.72. The average molecular weight is 413 g/mol. The number of nitrogens with one attached hydrogen (secondary N) is 1. The first kappa shape index (κ1) is 23.3. The topological polar surface area (TPSA) is 80.2 Å². The number of nitrogens with zero attached hydrogens (tertiary/aromatic N) is 1. The van der Waals surface area contributed by atoms with E-state index in [1.807, 2.05) is 12.1 Å². The van der Waals surface area contributed by atoms with Gasteiger partial charge in [-0.2, -0.15) is 5.10 Å². The van der Waals surface area contributed by atoms with Crippen molar-refractivity contribution in [2.75, 3.05) is 13.7 Å². The lowest BCUT2D eigenvalue weighted by molar-refractivity contribution is -0.123. The van der Waals surface area contributed by atoms with Gasteiger partial charge in [-0.15, -0.1) is 0 Å². The van der Waals surface area contributed by atoms with Crippen molar-refractivity contribution < 1.29 is 19.4 Å². The Morgan fingerprint density at radius 3 is 2.37 bits per heavy atom. The van der Waals surface area contributed by atoms with Gasteiger partial charge in [-0.05, 0) is 58.7 Å². The summed E-state index contributed by atoms with van der Waals surface area (Å²) in [7, 11) is 1.47. The molecule has 0 aromatic heterocycles. The van der Waals surface area contributed by atoms with Crippen LogP contribution in [0.1, 0.15) is 52.2 Å². The molecule has 2 aromatic carbocycles. The fraction of sp³-hybridized carbons (Fsp3) is 0.417. The number of phenols is 1. The van der Waals surface area contributed by atoms with Crippen molar-refractivity contribution in [3.05, 3.63) is 53.6 Å². The van der Waals surface area contributed by atoms with Gasteiger partial charge in [0.05, 0.1) is 13.3 Å². The number of phenolic OH excluding ortho intramolecular Hbond substituents is 1. The molecule has 0 aliphatic heterocycles. The third kappa shape index (κ3) is 7.10. The van der Waals surface area contributed by atoms with E-state index in [-0.39, 0.29) is 29.1 Å². The van der Waals surface area contributed by atoms with Crippen LogP contribution in [0.2, 0.25) is 0 Å². The molecule has 162 valence electrons. The summed E-state index contributed by atoms with van der Waals surface area (Å²) in [4.78, 5) is 12.0. The van der Waals surface area contributed by atoms with Crippen molar-refractivity contribution in [1.82, 2.24) is 5.43 Å². The van der Waals surface area contributed by atoms with Crippen molar-refractivity contribution in [2.24, 2.45) is 10.5 Å². The van der Waals surface area contributed by atoms with Crippen LogP contribution < -0.4 is 14.9 Å². The molecule has 0 spiro atoms. The quantitative estimate of drug-likeness (QED) is 0.489. The first-order valence-electron chi connectivity index (χ1n) is 9.92. The van der Waals surface area contributed by atoms with Crippen LogP contribution in [0, 0.1) is 5.41 Å². The Labute approximate surface area is 178 Å². The van der Waals surface area contributed by atoms with Crippen LogP contribution in [0.5, 0.6) is 17.2 Å². The van der Waals surface area contributed by atoms with Gasteiger partial charge in [-0.25, -0.2) is 5.43 Å². The number of carbonyl (C=O) groups excluding carboxylic acids is 1. The zero-order valence-electron chi connectivity index (χ0n) is 18.7. The standard InChI is InChI=1S/C24H32N2O4/c1-23(2,3)16-24(4,5)18-8-10-19(11-9-18)30-15-22(28)26-25-14-17-7-12-20(27)21(13-17)29-6/h7-14,27H,15-16H2,1-6H3,(H,26,28)/b25-14-. The van der Waals surface area contributed by atoms with Crippen molar-refractivity contribution in [2.45, 2.75) is 46.5 Å². The first-order valence-corrected chi connectivity index (χ1v) is 9.92. The van der Waals surface area contributed by atoms with Crippen LogP contribution in [0.15, 0.2) is 47.6 Å². The second-order valence-electron chi connectivity index (χ2n) is 9.16. The molecule has 30 heavy (non-hydrogen) atoms. The Morgan fingerprint density at radius 1 is 1.10 bits per heavy atom. The second kappa shape index (κ2) is 9.65. The molecule has 0 heterocycles. The van der Waals surface area contributed by atoms with E-state index in [2.05, 4.69) is 57.3 Å². The maximum absolute atomic E-state index is 12.0. The Balaban J connectivity index is 1.86. The highest BCUT2D eigenvalue weighted by atomic mass is 16.5. The lowest BCUT2D eigenvalue weighted by Crippen LogP contribution is -2.25. The van der Waals surface area contributed by atoms with E-state index in [0.717, 1.165) is 6.42 Å². The smallest absolute Gasteiger partial charge is 0.277 e. The minimum atomic E-state index is -0.367. The van der Waals surface area contributed by atoms with Crippen molar-refractivity contribution >= 4 is 12.1 Å². The molecule has 0 aliphatic rings. The molecule has 0 radical (unpaired) electrons. The average Bonchev–Trinajstić information content (AvgIpc) is 2.66. The van der Waals surface area contributed by atoms with Crippen molar-refractivity contribution in [3.63, 3.8) is 0 Å². The number of ether oxygens (including phenoxy) is 2. The summed E-state index contributed by atoms with van der Waals surface area (Å²) in [6.45, 7) is 11.1. The zero-order chi connectivity index (χ0) is 22.4. The number of aromatic hydroxyl groups is 1. The number of hydrogen-bond acceptors (Lipinski definition) is 5. The molecule has 2 N–H and O–H groups in total. The number of amides is 1. The summed E-state index contributed by atoms with van der Waals surface area (Å²) >= 11 is 0. The van der Waals surface area contributed by atoms with E-state index in [1.165, 1.54) is 25.0 Å². The van der Waals surface area contributed by atoms with Gasteiger partial charge in [-0.3, -0.25) is 4.79 Å². The highest BCUT2D eigenvalue weighted by Crippen LogP contribution is 2.36. The van der Waals surface area contributed by atoms with E-state index in [0.29, 0.717) is 17.1 Å². The summed E-state index contributed by atoms with van der Waals surface area (Å²) in [5.74, 6) is 0.643. The van der Waals surface area contributed by atoms with E-state index >= 15 is 0 Å². The number of carbonyl (C=O) groups is 1. The zero-order valence-corrected chi connectivity index (χ0v) is 18.7. The van der Waals surface area contributed by atoms with Gasteiger partial charge in [0.1, 0.15) is 5.75 Å². The Morgan fingerprint density at radius 2 is 1.77 bits per heavy atom. The van der Waals surface area contributed by atoms with E-state index in [1.54, 1.807) is 12.1 Å². The SMILES string of the molecule is COc1cc(/C=N\NC(=O)COc2ccc(C(C)(C)CC(C)(C)C)cc2)ccc1O. The number of hydrogen-bond donors (Lipinski definition) is 2. The minimum absolute atomic E-state index is 0.0416. The summed E-state index contributed by atoms with van der Waals surface area (Å²) in [5.41, 5.74) is 4.63. The van der Waals surface area contributed by atoms with Gasteiger partial charge in [0.2, 0.25) is 0 Å². The second-order valence-corrected chi connectivity index (χ2v) is 9.16. The van der Waals surface area contributed by atoms with Crippen LogP contribution in [-0.4, -0.2) is 30.9 Å². The lowest BCUT2D eigenvalue weighted by Gasteiger charge is -2.33. The summed E-state index contributed by atoms with van der Waals surface area (Å²) in [6, 6.07) is 12.6. The van der Waals surface area contributed by atoms with Crippen molar-refractivity contribution in [3.8, 4) is 17.2 Å². The molecule has 2 rings (SSSR count). The molecular weight excluding hydrogens is 380 g/mol. The fourth-order valence-electron chi connectivity index (χ4n) is 3.56. The van der Waals surface area contributed by atoms with Gasteiger partial charge in [0.15, 0.2) is 18.1 Å². The molecule has 0 aliphatic carbocycles. The molecular formula is C24H32N2O4. The predicted molar refractivity (Wildman–Crippen MR) is 119 cm³/mol. The highest BCUT2D eigenvalue weighted by Gasteiger charge is 2.27. The largest absolute Gasteiger partial charge is 0.504 e. The fourth-order valence-corrected chi connectivity index (χ4v) is 3.56. The molecule has 6 nitrogen and oxygen atoms in total. The van der Waals surface area contributed by atoms with E-state index in [9.17, 15) is 9.90 Å². The maximum Gasteiger partial charge on any atom is 0.277 e. The molecule has 6 heteroatoms. The molecule has 0 fully saturated rings. The van der Waals surface area contributed by atoms with Crippen LogP contribution >= 0.6 is 0 Å². The van der Waals surface area contributed by atoms with E-state index in [4.69, 9.17) is 9.47 Å².